The molecule has 1 N–H and O–H groups in total. The van der Waals surface area contributed by atoms with Gasteiger partial charge in [-0.3, -0.25) is 4.79 Å². The minimum Gasteiger partial charge on any atom is -0.391 e. The highest BCUT2D eigenvalue weighted by molar-refractivity contribution is 5.91. The lowest BCUT2D eigenvalue weighted by Crippen LogP contribution is -2.09. The van der Waals surface area contributed by atoms with Crippen molar-refractivity contribution in [2.75, 3.05) is 7.05 Å². The van der Waals surface area contributed by atoms with Crippen LogP contribution in [0.4, 0.5) is 0 Å². The number of aldehydes is 1. The van der Waals surface area contributed by atoms with Crippen molar-refractivity contribution < 1.29 is 4.79 Å². The molecule has 2 nitrogen and oxygen atoms in total. The van der Waals surface area contributed by atoms with Crippen molar-refractivity contribution >= 4 is 17.4 Å². The number of benzene rings is 1. The van der Waals surface area contributed by atoms with Crippen molar-refractivity contribution in [3.05, 3.63) is 57.8 Å². The SMILES string of the molecule is C=C(C)/C(=C(/C)NC)c1c(C)ccc(/C(CCCC)=C(\C)C=O)c1C. The highest BCUT2D eigenvalue weighted by Gasteiger charge is 2.17. The lowest BCUT2D eigenvalue weighted by molar-refractivity contribution is -0.104. The van der Waals surface area contributed by atoms with Crippen molar-refractivity contribution in [3.8, 4) is 0 Å². The summed E-state index contributed by atoms with van der Waals surface area (Å²) >= 11 is 0. The van der Waals surface area contributed by atoms with Crippen molar-refractivity contribution in [2.45, 2.75) is 60.8 Å². The third-order valence-corrected chi connectivity index (χ3v) is 4.86. The fraction of sp³-hybridized carbons (Fsp3) is 0.435. The molecule has 0 bridgehead atoms. The Morgan fingerprint density at radius 1 is 1.20 bits per heavy atom. The molecule has 0 aliphatic heterocycles. The van der Waals surface area contributed by atoms with Crippen LogP contribution in [0.1, 0.15) is 69.2 Å². The van der Waals surface area contributed by atoms with Gasteiger partial charge in [0, 0.05) is 18.3 Å². The molecular weight excluding hydrogens is 306 g/mol. The van der Waals surface area contributed by atoms with Gasteiger partial charge >= 0.3 is 0 Å². The standard InChI is InChI=1S/C23H33NO/c1-9-10-11-20(17(5)14-25)21-13-12-16(4)23(18(21)6)22(15(2)3)19(7)24-8/h12-14,24H,2,9-11H2,1,3-8H3/b20-17+,22-19+. The summed E-state index contributed by atoms with van der Waals surface area (Å²) in [6.07, 6.45) is 4.12. The fourth-order valence-electron chi connectivity index (χ4n) is 3.37. The van der Waals surface area contributed by atoms with Crippen LogP contribution < -0.4 is 5.32 Å². The van der Waals surface area contributed by atoms with Gasteiger partial charge in [0.15, 0.2) is 0 Å². The Balaban J connectivity index is 3.74. The maximum atomic E-state index is 11.5. The number of unbranched alkanes of at least 4 members (excludes halogenated alkanes) is 1. The van der Waals surface area contributed by atoms with E-state index in [0.29, 0.717) is 0 Å². The van der Waals surface area contributed by atoms with Crippen molar-refractivity contribution in [1.82, 2.24) is 5.32 Å². The zero-order chi connectivity index (χ0) is 19.1. The first-order valence-electron chi connectivity index (χ1n) is 9.10. The minimum atomic E-state index is 0.831. The van der Waals surface area contributed by atoms with Crippen LogP contribution in [0, 0.1) is 13.8 Å². The lowest BCUT2D eigenvalue weighted by atomic mass is 9.84. The molecule has 136 valence electrons. The number of hydrogen-bond acceptors (Lipinski definition) is 2. The highest BCUT2D eigenvalue weighted by atomic mass is 16.1. The first-order chi connectivity index (χ1) is 11.8. The molecule has 0 unspecified atom stereocenters. The molecule has 0 amide bonds. The van der Waals surface area contributed by atoms with Crippen molar-refractivity contribution in [2.24, 2.45) is 0 Å². The summed E-state index contributed by atoms with van der Waals surface area (Å²) in [4.78, 5) is 11.5. The van der Waals surface area contributed by atoms with E-state index in [1.807, 2.05) is 20.9 Å². The largest absolute Gasteiger partial charge is 0.391 e. The van der Waals surface area contributed by atoms with Gasteiger partial charge in [0.05, 0.1) is 0 Å². The smallest absolute Gasteiger partial charge is 0.146 e. The van der Waals surface area contributed by atoms with E-state index in [9.17, 15) is 4.79 Å². The van der Waals surface area contributed by atoms with Crippen LogP contribution in [0.25, 0.3) is 11.1 Å². The predicted molar refractivity (Wildman–Crippen MR) is 111 cm³/mol. The summed E-state index contributed by atoms with van der Waals surface area (Å²) < 4.78 is 0. The third kappa shape index (κ3) is 4.72. The van der Waals surface area contributed by atoms with Gasteiger partial charge in [-0.05, 0) is 86.4 Å². The van der Waals surface area contributed by atoms with Crippen LogP contribution >= 0.6 is 0 Å². The van der Waals surface area contributed by atoms with Crippen LogP contribution in [0.3, 0.4) is 0 Å². The summed E-state index contributed by atoms with van der Waals surface area (Å²) in [6.45, 7) is 16.7. The molecule has 2 heteroatoms. The Hall–Kier alpha value is -2.09. The number of hydrogen-bond donors (Lipinski definition) is 1. The molecule has 0 atom stereocenters. The number of aryl methyl sites for hydroxylation is 1. The quantitative estimate of drug-likeness (QED) is 0.358. The average molecular weight is 340 g/mol. The molecule has 25 heavy (non-hydrogen) atoms. The zero-order valence-corrected chi connectivity index (χ0v) is 17.0. The molecular formula is C23H33NO. The second-order valence-corrected chi connectivity index (χ2v) is 6.84. The van der Waals surface area contributed by atoms with Crippen LogP contribution in [0.5, 0.6) is 0 Å². The van der Waals surface area contributed by atoms with Gasteiger partial charge in [-0.2, -0.15) is 0 Å². The van der Waals surface area contributed by atoms with Gasteiger partial charge in [0.1, 0.15) is 6.29 Å². The van der Waals surface area contributed by atoms with Crippen LogP contribution in [0.2, 0.25) is 0 Å². The molecule has 0 aliphatic rings. The highest BCUT2D eigenvalue weighted by Crippen LogP contribution is 2.36. The Morgan fingerprint density at radius 3 is 2.32 bits per heavy atom. The number of carbonyl (C=O) groups excluding carboxylic acids is 1. The molecule has 0 spiro atoms. The van der Waals surface area contributed by atoms with E-state index in [0.717, 1.165) is 48.0 Å². The second kappa shape index (κ2) is 9.41. The third-order valence-electron chi connectivity index (χ3n) is 4.86. The van der Waals surface area contributed by atoms with E-state index in [2.05, 4.69) is 51.7 Å². The van der Waals surface area contributed by atoms with E-state index < -0.39 is 0 Å². The molecule has 1 aromatic rings. The summed E-state index contributed by atoms with van der Waals surface area (Å²) in [7, 11) is 1.94. The summed E-state index contributed by atoms with van der Waals surface area (Å²) in [6, 6.07) is 4.32. The molecule has 0 saturated carbocycles. The van der Waals surface area contributed by atoms with Gasteiger partial charge in [-0.1, -0.05) is 32.1 Å². The van der Waals surface area contributed by atoms with E-state index in [-0.39, 0.29) is 0 Å². The molecule has 0 fully saturated rings. The fourth-order valence-corrected chi connectivity index (χ4v) is 3.37. The normalized spacial score (nSPS) is 13.1. The number of allylic oxidation sites excluding steroid dienone is 5. The molecule has 0 saturated heterocycles. The van der Waals surface area contributed by atoms with Crippen molar-refractivity contribution in [1.29, 1.82) is 0 Å². The first-order valence-corrected chi connectivity index (χ1v) is 9.10. The molecule has 1 aromatic carbocycles. The molecule has 0 aliphatic carbocycles. The monoisotopic (exact) mass is 339 g/mol. The van der Waals surface area contributed by atoms with Crippen LogP contribution in [-0.4, -0.2) is 13.3 Å². The number of nitrogens with one attached hydrogen (secondary N) is 1. The van der Waals surface area contributed by atoms with Crippen molar-refractivity contribution in [3.63, 3.8) is 0 Å². The number of carbonyl (C=O) groups is 1. The van der Waals surface area contributed by atoms with E-state index in [4.69, 9.17) is 0 Å². The maximum Gasteiger partial charge on any atom is 0.146 e. The Kier molecular flexibility index (Phi) is 7.89. The topological polar surface area (TPSA) is 29.1 Å². The van der Waals surface area contributed by atoms with Crippen LogP contribution in [-0.2, 0) is 4.79 Å². The maximum absolute atomic E-state index is 11.5. The summed E-state index contributed by atoms with van der Waals surface area (Å²) in [5.74, 6) is 0. The van der Waals surface area contributed by atoms with Gasteiger partial charge in [-0.15, -0.1) is 0 Å². The van der Waals surface area contributed by atoms with Gasteiger partial charge < -0.3 is 5.32 Å². The molecule has 0 aromatic heterocycles. The lowest BCUT2D eigenvalue weighted by Gasteiger charge is -2.22. The predicted octanol–water partition coefficient (Wildman–Crippen LogP) is 5.99. The molecule has 1 rings (SSSR count). The van der Waals surface area contributed by atoms with E-state index in [1.54, 1.807) is 0 Å². The van der Waals surface area contributed by atoms with E-state index >= 15 is 0 Å². The second-order valence-electron chi connectivity index (χ2n) is 6.84. The van der Waals surface area contributed by atoms with Gasteiger partial charge in [-0.25, -0.2) is 0 Å². The average Bonchev–Trinajstić information content (AvgIpc) is 2.58. The Morgan fingerprint density at radius 2 is 1.84 bits per heavy atom. The van der Waals surface area contributed by atoms with Gasteiger partial charge in [0.2, 0.25) is 0 Å². The molecule has 0 heterocycles. The number of rotatable bonds is 8. The van der Waals surface area contributed by atoms with E-state index in [1.165, 1.54) is 27.8 Å². The summed E-state index contributed by atoms with van der Waals surface area (Å²) in [5.41, 5.74) is 10.2. The minimum absolute atomic E-state index is 0.831. The first kappa shape index (κ1) is 21.0. The molecule has 0 radical (unpaired) electrons. The Bertz CT molecular complexity index is 720. The van der Waals surface area contributed by atoms with Gasteiger partial charge in [0.25, 0.3) is 0 Å². The Labute approximate surface area is 153 Å². The zero-order valence-electron chi connectivity index (χ0n) is 17.0. The summed E-state index contributed by atoms with van der Waals surface area (Å²) in [5, 5.41) is 3.27. The van der Waals surface area contributed by atoms with Crippen LogP contribution in [0.15, 0.2) is 35.6 Å².